The molecule has 0 amide bonds. The van der Waals surface area contributed by atoms with E-state index in [-0.39, 0.29) is 0 Å². The number of nitrogens with one attached hydrogen (secondary N) is 1. The maximum Gasteiger partial charge on any atom is 0.107 e. The van der Waals surface area contributed by atoms with E-state index in [0.29, 0.717) is 0 Å². The molecule has 2 aliphatic rings. The molecule has 0 radical (unpaired) electrons. The lowest BCUT2D eigenvalue weighted by Gasteiger charge is -2.43. The Kier molecular flexibility index (Phi) is 3.42. The van der Waals surface area contributed by atoms with E-state index in [9.17, 15) is 0 Å². The monoisotopic (exact) mass is 252 g/mol. The zero-order valence-corrected chi connectivity index (χ0v) is 11.2. The Morgan fingerprint density at radius 2 is 2.12 bits per heavy atom. The molecule has 2 saturated heterocycles. The van der Waals surface area contributed by atoms with Gasteiger partial charge in [-0.2, -0.15) is 0 Å². The first-order valence-electron chi connectivity index (χ1n) is 6.39. The van der Waals surface area contributed by atoms with Gasteiger partial charge in [0, 0.05) is 56.4 Å². The second kappa shape index (κ2) is 5.02. The molecule has 3 rings (SSSR count). The molecule has 4 nitrogen and oxygen atoms in total. The largest absolute Gasteiger partial charge is 0.314 e. The second-order valence-corrected chi connectivity index (χ2v) is 5.95. The van der Waals surface area contributed by atoms with Gasteiger partial charge < -0.3 is 5.32 Å². The molecule has 1 aromatic heterocycles. The molecule has 1 N–H and O–H groups in total. The van der Waals surface area contributed by atoms with Crippen LogP contribution in [-0.4, -0.2) is 60.1 Å². The Morgan fingerprint density at radius 1 is 1.35 bits per heavy atom. The highest BCUT2D eigenvalue weighted by molar-refractivity contribution is 7.09. The van der Waals surface area contributed by atoms with Crippen LogP contribution < -0.4 is 5.32 Å². The molecule has 0 aromatic carbocycles. The molecule has 0 unspecified atom stereocenters. The third kappa shape index (κ3) is 2.68. The zero-order chi connectivity index (χ0) is 11.7. The minimum atomic E-state index is 0.805. The van der Waals surface area contributed by atoms with Crippen molar-refractivity contribution in [3.05, 3.63) is 16.1 Å². The van der Waals surface area contributed by atoms with Crippen LogP contribution in [0.2, 0.25) is 0 Å². The fraction of sp³-hybridized carbons (Fsp3) is 0.750. The first-order valence-corrected chi connectivity index (χ1v) is 7.27. The van der Waals surface area contributed by atoms with Crippen molar-refractivity contribution in [3.63, 3.8) is 0 Å². The van der Waals surface area contributed by atoms with Crippen molar-refractivity contribution in [1.29, 1.82) is 0 Å². The molecule has 17 heavy (non-hydrogen) atoms. The average molecular weight is 252 g/mol. The Bertz CT molecular complexity index is 366. The number of aryl methyl sites for hydroxylation is 1. The Labute approximate surface area is 107 Å². The predicted molar refractivity (Wildman–Crippen MR) is 70.4 cm³/mol. The molecule has 0 bridgehead atoms. The van der Waals surface area contributed by atoms with Crippen LogP contribution in [0.1, 0.15) is 10.7 Å². The average Bonchev–Trinajstić information content (AvgIpc) is 2.64. The quantitative estimate of drug-likeness (QED) is 0.851. The standard InChI is InChI=1S/C12H20N4S/c1-10-9-17-12(14-10)8-15-2-4-16(5-3-15)11-6-13-7-11/h9,11,13H,2-8H2,1H3. The summed E-state index contributed by atoms with van der Waals surface area (Å²) in [5.74, 6) is 0. The third-order valence-electron chi connectivity index (χ3n) is 3.71. The van der Waals surface area contributed by atoms with Crippen LogP contribution in [0.3, 0.4) is 0 Å². The van der Waals surface area contributed by atoms with Crippen LogP contribution in [0.5, 0.6) is 0 Å². The van der Waals surface area contributed by atoms with Crippen molar-refractivity contribution in [1.82, 2.24) is 20.1 Å². The summed E-state index contributed by atoms with van der Waals surface area (Å²) in [6.07, 6.45) is 0. The highest BCUT2D eigenvalue weighted by atomic mass is 32.1. The van der Waals surface area contributed by atoms with Gasteiger partial charge in [0.25, 0.3) is 0 Å². The molecule has 94 valence electrons. The van der Waals surface area contributed by atoms with Crippen LogP contribution in [0.25, 0.3) is 0 Å². The lowest BCUT2D eigenvalue weighted by atomic mass is 10.1. The number of aromatic nitrogens is 1. The molecular formula is C12H20N4S. The van der Waals surface area contributed by atoms with Gasteiger partial charge in [-0.3, -0.25) is 9.80 Å². The van der Waals surface area contributed by atoms with E-state index in [1.807, 2.05) is 0 Å². The first-order chi connectivity index (χ1) is 8.31. The van der Waals surface area contributed by atoms with Gasteiger partial charge in [0.15, 0.2) is 0 Å². The van der Waals surface area contributed by atoms with E-state index in [1.54, 1.807) is 11.3 Å². The smallest absolute Gasteiger partial charge is 0.107 e. The topological polar surface area (TPSA) is 31.4 Å². The SMILES string of the molecule is Cc1csc(CN2CCN(C3CNC3)CC2)n1. The van der Waals surface area contributed by atoms with E-state index in [4.69, 9.17) is 0 Å². The lowest BCUT2D eigenvalue weighted by Crippen LogP contribution is -2.61. The maximum absolute atomic E-state index is 4.54. The summed E-state index contributed by atoms with van der Waals surface area (Å²) in [7, 11) is 0. The minimum Gasteiger partial charge on any atom is -0.314 e. The molecule has 3 heterocycles. The normalized spacial score (nSPS) is 23.8. The number of piperazine rings is 1. The van der Waals surface area contributed by atoms with Crippen molar-refractivity contribution < 1.29 is 0 Å². The number of rotatable bonds is 3. The number of hydrogen-bond acceptors (Lipinski definition) is 5. The van der Waals surface area contributed by atoms with Gasteiger partial charge in [0.1, 0.15) is 5.01 Å². The van der Waals surface area contributed by atoms with Gasteiger partial charge in [0.05, 0.1) is 6.54 Å². The predicted octanol–water partition coefficient (Wildman–Crippen LogP) is 0.541. The third-order valence-corrected chi connectivity index (χ3v) is 4.66. The summed E-state index contributed by atoms with van der Waals surface area (Å²) in [6, 6.07) is 0.805. The lowest BCUT2D eigenvalue weighted by molar-refractivity contribution is 0.0695. The van der Waals surface area contributed by atoms with Crippen LogP contribution in [-0.2, 0) is 6.54 Å². The molecule has 0 saturated carbocycles. The molecule has 5 heteroatoms. The van der Waals surface area contributed by atoms with Crippen molar-refractivity contribution in [2.75, 3.05) is 39.3 Å². The van der Waals surface area contributed by atoms with Crippen LogP contribution >= 0.6 is 11.3 Å². The molecule has 0 atom stereocenters. The van der Waals surface area contributed by atoms with Crippen LogP contribution in [0.4, 0.5) is 0 Å². The second-order valence-electron chi connectivity index (χ2n) is 5.01. The van der Waals surface area contributed by atoms with Gasteiger partial charge in [0.2, 0.25) is 0 Å². The molecule has 2 fully saturated rings. The van der Waals surface area contributed by atoms with Gasteiger partial charge in [-0.15, -0.1) is 11.3 Å². The Balaban J connectivity index is 1.47. The summed E-state index contributed by atoms with van der Waals surface area (Å²) < 4.78 is 0. The fourth-order valence-corrected chi connectivity index (χ4v) is 3.30. The van der Waals surface area contributed by atoms with Gasteiger partial charge in [-0.1, -0.05) is 0 Å². The van der Waals surface area contributed by atoms with Crippen molar-refractivity contribution in [2.45, 2.75) is 19.5 Å². The molecule has 0 aliphatic carbocycles. The highest BCUT2D eigenvalue weighted by Gasteiger charge is 2.27. The van der Waals surface area contributed by atoms with Crippen molar-refractivity contribution in [2.24, 2.45) is 0 Å². The number of nitrogens with zero attached hydrogens (tertiary/aromatic N) is 3. The Morgan fingerprint density at radius 3 is 2.65 bits per heavy atom. The first kappa shape index (κ1) is 11.6. The van der Waals surface area contributed by atoms with Crippen molar-refractivity contribution in [3.8, 4) is 0 Å². The van der Waals surface area contributed by atoms with Gasteiger partial charge >= 0.3 is 0 Å². The Hall–Kier alpha value is -0.490. The fourth-order valence-electron chi connectivity index (χ4n) is 2.48. The highest BCUT2D eigenvalue weighted by Crippen LogP contribution is 2.15. The van der Waals surface area contributed by atoms with Crippen LogP contribution in [0.15, 0.2) is 5.38 Å². The van der Waals surface area contributed by atoms with E-state index in [2.05, 4.69) is 32.4 Å². The van der Waals surface area contributed by atoms with E-state index in [0.717, 1.165) is 18.3 Å². The molecule has 1 aromatic rings. The number of thiazole rings is 1. The number of hydrogen-bond donors (Lipinski definition) is 1. The molecule has 2 aliphatic heterocycles. The summed E-state index contributed by atoms with van der Waals surface area (Å²) in [5, 5.41) is 6.76. The van der Waals surface area contributed by atoms with Crippen LogP contribution in [0, 0.1) is 6.92 Å². The van der Waals surface area contributed by atoms with E-state index in [1.165, 1.54) is 44.3 Å². The van der Waals surface area contributed by atoms with Gasteiger partial charge in [-0.25, -0.2) is 4.98 Å². The van der Waals surface area contributed by atoms with E-state index < -0.39 is 0 Å². The molecule has 0 spiro atoms. The zero-order valence-electron chi connectivity index (χ0n) is 10.4. The summed E-state index contributed by atoms with van der Waals surface area (Å²) >= 11 is 1.79. The van der Waals surface area contributed by atoms with Gasteiger partial charge in [-0.05, 0) is 6.92 Å². The minimum absolute atomic E-state index is 0.805. The van der Waals surface area contributed by atoms with Crippen molar-refractivity contribution >= 4 is 11.3 Å². The summed E-state index contributed by atoms with van der Waals surface area (Å²) in [5.41, 5.74) is 1.16. The van der Waals surface area contributed by atoms with E-state index >= 15 is 0 Å². The maximum atomic E-state index is 4.54. The summed E-state index contributed by atoms with van der Waals surface area (Å²) in [6.45, 7) is 10.3. The molecular weight excluding hydrogens is 232 g/mol. The summed E-state index contributed by atoms with van der Waals surface area (Å²) in [4.78, 5) is 9.69.